The number of anilines is 1. The molecular weight excluding hydrogens is 386 g/mol. The van der Waals surface area contributed by atoms with Crippen LogP contribution < -0.4 is 25.0 Å². The molecule has 1 aliphatic heterocycles. The number of hydrazine groups is 1. The normalized spacial score (nSPS) is 15.0. The smallest absolute Gasteiger partial charge is 0.268 e. The predicted octanol–water partition coefficient (Wildman–Crippen LogP) is 1.43. The zero-order chi connectivity index (χ0) is 20.5. The van der Waals surface area contributed by atoms with Crippen molar-refractivity contribution >= 4 is 27.5 Å². The fourth-order valence-corrected chi connectivity index (χ4v) is 3.29. The van der Waals surface area contributed by atoms with Crippen molar-refractivity contribution in [2.24, 2.45) is 0 Å². The maximum absolute atomic E-state index is 12.3. The summed E-state index contributed by atoms with van der Waals surface area (Å²) in [6.45, 7) is 3.25. The van der Waals surface area contributed by atoms with E-state index in [4.69, 9.17) is 9.47 Å². The second-order valence-corrected chi connectivity index (χ2v) is 8.19. The molecule has 2 aromatic rings. The molecule has 0 saturated heterocycles. The highest BCUT2D eigenvalue weighted by atomic mass is 32.2. The molecule has 3 rings (SSSR count). The first-order valence-electron chi connectivity index (χ1n) is 8.23. The van der Waals surface area contributed by atoms with Gasteiger partial charge in [0.1, 0.15) is 11.5 Å². The standard InChI is InChI=1S/C18H19N3O6S/c1-18(2)17(23)19-14-10-11(4-9-15(14)27-18)16(22)20-21-28(24,25)13-7-5-12(26-3)6-8-13/h4-10,21H,1-3H3,(H,19,23)(H,20,22). The summed E-state index contributed by atoms with van der Waals surface area (Å²) in [6.07, 6.45) is 0. The fraction of sp³-hybridized carbons (Fsp3) is 0.222. The third kappa shape index (κ3) is 3.92. The number of benzene rings is 2. The van der Waals surface area contributed by atoms with E-state index in [0.717, 1.165) is 0 Å². The summed E-state index contributed by atoms with van der Waals surface area (Å²) in [5.74, 6) is -0.124. The SMILES string of the molecule is COc1ccc(S(=O)(=O)NNC(=O)c2ccc3c(c2)NC(=O)C(C)(C)O3)cc1. The fourth-order valence-electron chi connectivity index (χ4n) is 2.45. The maximum atomic E-state index is 12.3. The van der Waals surface area contributed by atoms with Crippen molar-refractivity contribution in [2.45, 2.75) is 24.3 Å². The van der Waals surface area contributed by atoms with Gasteiger partial charge in [-0.2, -0.15) is 0 Å². The molecule has 0 spiro atoms. The second-order valence-electron chi connectivity index (χ2n) is 6.51. The largest absolute Gasteiger partial charge is 0.497 e. The van der Waals surface area contributed by atoms with Crippen LogP contribution in [0.5, 0.6) is 11.5 Å². The van der Waals surface area contributed by atoms with Gasteiger partial charge in [0, 0.05) is 5.56 Å². The highest BCUT2D eigenvalue weighted by molar-refractivity contribution is 7.89. The highest BCUT2D eigenvalue weighted by Crippen LogP contribution is 2.34. The molecule has 0 radical (unpaired) electrons. The van der Waals surface area contributed by atoms with Crippen molar-refractivity contribution in [2.75, 3.05) is 12.4 Å². The van der Waals surface area contributed by atoms with Crippen LogP contribution in [0.1, 0.15) is 24.2 Å². The van der Waals surface area contributed by atoms with Gasteiger partial charge in [0.05, 0.1) is 17.7 Å². The van der Waals surface area contributed by atoms with E-state index < -0.39 is 21.5 Å². The molecule has 28 heavy (non-hydrogen) atoms. The van der Waals surface area contributed by atoms with Crippen molar-refractivity contribution in [3.63, 3.8) is 0 Å². The molecule has 0 atom stereocenters. The van der Waals surface area contributed by atoms with E-state index >= 15 is 0 Å². The summed E-state index contributed by atoms with van der Waals surface area (Å²) >= 11 is 0. The van der Waals surface area contributed by atoms with E-state index in [2.05, 4.69) is 10.7 Å². The second kappa shape index (κ2) is 7.13. The van der Waals surface area contributed by atoms with Crippen molar-refractivity contribution in [3.05, 3.63) is 48.0 Å². The predicted molar refractivity (Wildman–Crippen MR) is 101 cm³/mol. The lowest BCUT2D eigenvalue weighted by molar-refractivity contribution is -0.129. The van der Waals surface area contributed by atoms with Gasteiger partial charge in [0.25, 0.3) is 21.8 Å². The van der Waals surface area contributed by atoms with Crippen molar-refractivity contribution < 1.29 is 27.5 Å². The molecule has 3 N–H and O–H groups in total. The number of sulfonamides is 1. The van der Waals surface area contributed by atoms with Crippen molar-refractivity contribution in [3.8, 4) is 11.5 Å². The highest BCUT2D eigenvalue weighted by Gasteiger charge is 2.35. The molecule has 9 nitrogen and oxygen atoms in total. The van der Waals surface area contributed by atoms with E-state index in [1.54, 1.807) is 13.8 Å². The van der Waals surface area contributed by atoms with Crippen LogP contribution in [0, 0.1) is 0 Å². The molecule has 2 aromatic carbocycles. The summed E-state index contributed by atoms with van der Waals surface area (Å²) in [4.78, 5) is 26.3. The van der Waals surface area contributed by atoms with Gasteiger partial charge in [-0.05, 0) is 56.3 Å². The molecule has 0 fully saturated rings. The number of carbonyl (C=O) groups excluding carboxylic acids is 2. The number of ether oxygens (including phenoxy) is 2. The maximum Gasteiger partial charge on any atom is 0.268 e. The Kier molecular flexibility index (Phi) is 5.01. The molecule has 0 unspecified atom stereocenters. The van der Waals surface area contributed by atoms with Gasteiger partial charge in [-0.3, -0.25) is 15.0 Å². The van der Waals surface area contributed by atoms with Gasteiger partial charge < -0.3 is 14.8 Å². The molecule has 0 aliphatic carbocycles. The first kappa shape index (κ1) is 19.6. The quantitative estimate of drug-likeness (QED) is 0.647. The van der Waals surface area contributed by atoms with Gasteiger partial charge in [0.15, 0.2) is 5.60 Å². The molecule has 2 amide bonds. The lowest BCUT2D eigenvalue weighted by atomic mass is 10.0. The van der Waals surface area contributed by atoms with Gasteiger partial charge in [-0.1, -0.05) is 0 Å². The van der Waals surface area contributed by atoms with Gasteiger partial charge in [0.2, 0.25) is 0 Å². The topological polar surface area (TPSA) is 123 Å². The van der Waals surface area contributed by atoms with Gasteiger partial charge in [-0.15, -0.1) is 4.83 Å². The molecule has 0 aromatic heterocycles. The number of nitrogens with one attached hydrogen (secondary N) is 3. The summed E-state index contributed by atoms with van der Waals surface area (Å²) in [5, 5.41) is 2.66. The van der Waals surface area contributed by atoms with Crippen LogP contribution in [0.4, 0.5) is 5.69 Å². The average Bonchev–Trinajstić information content (AvgIpc) is 2.66. The third-order valence-electron chi connectivity index (χ3n) is 4.07. The number of fused-ring (bicyclic) bond motifs is 1. The Labute approximate surface area is 162 Å². The van der Waals surface area contributed by atoms with Crippen LogP contribution in [0.2, 0.25) is 0 Å². The Balaban J connectivity index is 1.71. The minimum Gasteiger partial charge on any atom is -0.497 e. The molecule has 148 valence electrons. The summed E-state index contributed by atoms with van der Waals surface area (Å²) in [5.41, 5.74) is 1.58. The van der Waals surface area contributed by atoms with Crippen LogP contribution in [-0.2, 0) is 14.8 Å². The minimum atomic E-state index is -3.96. The molecule has 0 saturated carbocycles. The third-order valence-corrected chi connectivity index (χ3v) is 5.33. The molecule has 1 heterocycles. The summed E-state index contributed by atoms with van der Waals surface area (Å²) in [6, 6.07) is 10.1. The Morgan fingerprint density at radius 3 is 2.46 bits per heavy atom. The van der Waals surface area contributed by atoms with Gasteiger partial charge in [-0.25, -0.2) is 8.42 Å². The Morgan fingerprint density at radius 2 is 1.82 bits per heavy atom. The Morgan fingerprint density at radius 1 is 1.14 bits per heavy atom. The number of hydrogen-bond acceptors (Lipinski definition) is 6. The number of rotatable bonds is 5. The van der Waals surface area contributed by atoms with Crippen LogP contribution in [0.25, 0.3) is 0 Å². The first-order chi connectivity index (χ1) is 13.1. The van der Waals surface area contributed by atoms with E-state index in [1.807, 2.05) is 4.83 Å². The molecular formula is C18H19N3O6S. The van der Waals surface area contributed by atoms with Gasteiger partial charge >= 0.3 is 0 Å². The monoisotopic (exact) mass is 405 g/mol. The van der Waals surface area contributed by atoms with Crippen LogP contribution in [0.3, 0.4) is 0 Å². The van der Waals surface area contributed by atoms with Crippen LogP contribution in [-0.4, -0.2) is 32.9 Å². The summed E-state index contributed by atoms with van der Waals surface area (Å²) < 4.78 is 35.1. The van der Waals surface area contributed by atoms with Crippen molar-refractivity contribution in [1.82, 2.24) is 10.3 Å². The van der Waals surface area contributed by atoms with E-state index in [1.165, 1.54) is 49.6 Å². The van der Waals surface area contributed by atoms with E-state index in [0.29, 0.717) is 17.2 Å². The Hall–Kier alpha value is -3.11. The Bertz CT molecular complexity index is 1030. The summed E-state index contributed by atoms with van der Waals surface area (Å²) in [7, 11) is -2.49. The lowest BCUT2D eigenvalue weighted by Gasteiger charge is -2.31. The lowest BCUT2D eigenvalue weighted by Crippen LogP contribution is -2.46. The molecule has 10 heteroatoms. The number of carbonyl (C=O) groups is 2. The number of hydrogen-bond donors (Lipinski definition) is 3. The number of amides is 2. The van der Waals surface area contributed by atoms with Crippen molar-refractivity contribution in [1.29, 1.82) is 0 Å². The van der Waals surface area contributed by atoms with Crippen LogP contribution in [0.15, 0.2) is 47.4 Å². The number of methoxy groups -OCH3 is 1. The zero-order valence-corrected chi connectivity index (χ0v) is 16.2. The molecule has 1 aliphatic rings. The average molecular weight is 405 g/mol. The zero-order valence-electron chi connectivity index (χ0n) is 15.4. The molecule has 0 bridgehead atoms. The minimum absolute atomic E-state index is 0.0399. The van der Waals surface area contributed by atoms with E-state index in [-0.39, 0.29) is 16.4 Å². The first-order valence-corrected chi connectivity index (χ1v) is 9.71. The van der Waals surface area contributed by atoms with E-state index in [9.17, 15) is 18.0 Å². The van der Waals surface area contributed by atoms with Crippen LogP contribution >= 0.6 is 0 Å².